The molecule has 1 aromatic heterocycles. The van der Waals surface area contributed by atoms with E-state index in [1.807, 2.05) is 6.07 Å². The van der Waals surface area contributed by atoms with E-state index >= 15 is 0 Å². The lowest BCUT2D eigenvalue weighted by Crippen LogP contribution is -2.24. The average Bonchev–Trinajstić information content (AvgIpc) is 3.01. The highest BCUT2D eigenvalue weighted by atomic mass is 79.9. The van der Waals surface area contributed by atoms with Gasteiger partial charge >= 0.3 is 19.4 Å². The van der Waals surface area contributed by atoms with Crippen molar-refractivity contribution in [2.75, 3.05) is 13.2 Å². The summed E-state index contributed by atoms with van der Waals surface area (Å²) in [6.45, 7) is -0.463. The van der Waals surface area contributed by atoms with Crippen molar-refractivity contribution in [2.45, 2.75) is 31.1 Å². The normalized spacial score (nSPS) is 12.6. The second kappa shape index (κ2) is 10.0. The Morgan fingerprint density at radius 3 is 2.50 bits per heavy atom. The minimum absolute atomic E-state index is 0.00438. The van der Waals surface area contributed by atoms with Gasteiger partial charge in [-0.15, -0.1) is 11.3 Å². The van der Waals surface area contributed by atoms with Crippen molar-refractivity contribution in [1.82, 2.24) is 5.32 Å². The van der Waals surface area contributed by atoms with Gasteiger partial charge in [-0.3, -0.25) is 9.36 Å². The van der Waals surface area contributed by atoms with Gasteiger partial charge in [-0.25, -0.2) is 0 Å². The Morgan fingerprint density at radius 2 is 1.94 bits per heavy atom. The van der Waals surface area contributed by atoms with E-state index in [0.29, 0.717) is 0 Å². The lowest BCUT2D eigenvalue weighted by molar-refractivity contribution is -0.136. The molecule has 1 aromatic carbocycles. The lowest BCUT2D eigenvalue weighted by Gasteiger charge is -2.16. The van der Waals surface area contributed by atoms with Crippen LogP contribution in [0.5, 0.6) is 5.75 Å². The standard InChI is InChI=1S/C17H15BrF5N2O5PS/c18-12-10-7-9(15(26)25-5-2-4-24)8-11(30-6-1-3-16(19,20)21)13(10)32-14(12)17(22,23)31(27,28)29/h7-8H,1-3,5-6H2,(H,25,26)(H2,27,28,29). The molecule has 0 unspecified atom stereocenters. The largest absolute Gasteiger partial charge is 0.492 e. The Kier molecular flexibility index (Phi) is 8.28. The summed E-state index contributed by atoms with van der Waals surface area (Å²) in [7, 11) is -5.91. The molecular formula is C17H15BrF5N2O5PS. The Bertz CT molecular complexity index is 1100. The lowest BCUT2D eigenvalue weighted by atomic mass is 10.1. The smallest absolute Gasteiger partial charge is 0.400 e. The number of halogens is 6. The van der Waals surface area contributed by atoms with Crippen LogP contribution in [0.1, 0.15) is 34.5 Å². The van der Waals surface area contributed by atoms with E-state index in [2.05, 4.69) is 21.2 Å². The minimum Gasteiger partial charge on any atom is -0.492 e. The first kappa shape index (κ1) is 26.5. The summed E-state index contributed by atoms with van der Waals surface area (Å²) in [6.07, 6.45) is -6.02. The van der Waals surface area contributed by atoms with Crippen LogP contribution in [-0.4, -0.2) is 35.0 Å². The van der Waals surface area contributed by atoms with E-state index in [-0.39, 0.29) is 45.7 Å². The van der Waals surface area contributed by atoms with E-state index in [9.17, 15) is 31.3 Å². The molecule has 176 valence electrons. The number of hydrogen-bond acceptors (Lipinski definition) is 5. The van der Waals surface area contributed by atoms with Gasteiger partial charge in [0.2, 0.25) is 0 Å². The number of ether oxygens (including phenoxy) is 1. The molecule has 7 nitrogen and oxygen atoms in total. The molecule has 0 atom stereocenters. The second-order valence-corrected chi connectivity index (χ2v) is 9.88. The summed E-state index contributed by atoms with van der Waals surface area (Å²) in [4.78, 5) is 29.4. The molecule has 0 bridgehead atoms. The molecule has 2 rings (SSSR count). The molecule has 0 aliphatic carbocycles. The van der Waals surface area contributed by atoms with E-state index in [0.717, 1.165) is 6.07 Å². The van der Waals surface area contributed by atoms with Crippen molar-refractivity contribution in [2.24, 2.45) is 0 Å². The summed E-state index contributed by atoms with van der Waals surface area (Å²) in [5.74, 6) is -0.905. The first-order valence-corrected chi connectivity index (χ1v) is 12.0. The molecule has 0 aliphatic rings. The average molecular weight is 565 g/mol. The first-order chi connectivity index (χ1) is 14.7. The first-order valence-electron chi connectivity index (χ1n) is 8.73. The number of nitrogens with one attached hydrogen (secondary N) is 1. The number of fused-ring (bicyclic) bond motifs is 1. The van der Waals surface area contributed by atoms with Crippen molar-refractivity contribution in [3.8, 4) is 11.8 Å². The van der Waals surface area contributed by atoms with Crippen molar-refractivity contribution >= 4 is 50.9 Å². The fraction of sp³-hybridized carbons (Fsp3) is 0.412. The number of benzene rings is 1. The zero-order valence-corrected chi connectivity index (χ0v) is 19.2. The van der Waals surface area contributed by atoms with Crippen LogP contribution in [-0.2, 0) is 10.2 Å². The van der Waals surface area contributed by atoms with Crippen LogP contribution >= 0.6 is 34.9 Å². The van der Waals surface area contributed by atoms with E-state index in [4.69, 9.17) is 19.8 Å². The number of nitriles is 1. The van der Waals surface area contributed by atoms with Crippen molar-refractivity contribution in [1.29, 1.82) is 5.26 Å². The Labute approximate surface area is 190 Å². The fourth-order valence-electron chi connectivity index (χ4n) is 2.49. The highest BCUT2D eigenvalue weighted by Crippen LogP contribution is 2.63. The van der Waals surface area contributed by atoms with Crippen molar-refractivity contribution in [3.05, 3.63) is 27.0 Å². The zero-order valence-electron chi connectivity index (χ0n) is 15.9. The zero-order chi connectivity index (χ0) is 24.3. The molecule has 3 N–H and O–H groups in total. The maximum Gasteiger partial charge on any atom is 0.400 e. The number of alkyl halides is 5. The molecule has 1 heterocycles. The molecule has 0 radical (unpaired) electrons. The predicted octanol–water partition coefficient (Wildman–Crippen LogP) is 5.26. The van der Waals surface area contributed by atoms with Gasteiger partial charge in [-0.1, -0.05) is 0 Å². The molecule has 0 fully saturated rings. The molecule has 15 heteroatoms. The molecule has 32 heavy (non-hydrogen) atoms. The number of hydrogen-bond donors (Lipinski definition) is 3. The van der Waals surface area contributed by atoms with Gasteiger partial charge < -0.3 is 19.8 Å². The van der Waals surface area contributed by atoms with Gasteiger partial charge in [-0.05, 0) is 34.5 Å². The molecule has 0 saturated carbocycles. The monoisotopic (exact) mass is 564 g/mol. The van der Waals surface area contributed by atoms with Gasteiger partial charge in [0.1, 0.15) is 10.6 Å². The molecule has 1 amide bonds. The molecular weight excluding hydrogens is 550 g/mol. The molecule has 0 spiro atoms. The topological polar surface area (TPSA) is 120 Å². The third-order valence-electron chi connectivity index (χ3n) is 3.98. The summed E-state index contributed by atoms with van der Waals surface area (Å²) in [5.41, 5.74) is -4.66. The maximum atomic E-state index is 14.3. The van der Waals surface area contributed by atoms with E-state index < -0.39 is 54.1 Å². The number of amides is 1. The highest BCUT2D eigenvalue weighted by molar-refractivity contribution is 9.10. The number of thiophene rings is 1. The van der Waals surface area contributed by atoms with Crippen LogP contribution < -0.4 is 10.1 Å². The molecule has 0 aliphatic heterocycles. The Morgan fingerprint density at radius 1 is 1.28 bits per heavy atom. The Balaban J connectivity index is 2.52. The van der Waals surface area contributed by atoms with Crippen LogP contribution in [0.3, 0.4) is 0 Å². The number of carbonyl (C=O) groups is 1. The van der Waals surface area contributed by atoms with Crippen molar-refractivity contribution in [3.63, 3.8) is 0 Å². The number of rotatable bonds is 9. The Hall–Kier alpha value is -1.78. The molecule has 0 saturated heterocycles. The fourth-order valence-corrected chi connectivity index (χ4v) is 5.47. The third-order valence-corrected chi connectivity index (χ3v) is 7.46. The quantitative estimate of drug-likeness (QED) is 0.217. The highest BCUT2D eigenvalue weighted by Gasteiger charge is 2.53. The van der Waals surface area contributed by atoms with Crippen LogP contribution in [0, 0.1) is 11.3 Å². The second-order valence-electron chi connectivity index (χ2n) is 6.41. The van der Waals surface area contributed by atoms with Gasteiger partial charge in [0.25, 0.3) is 5.91 Å². The predicted molar refractivity (Wildman–Crippen MR) is 109 cm³/mol. The SMILES string of the molecule is N#CCCNC(=O)c1cc(OCCCC(F)(F)F)c2sc(C(F)(F)P(=O)(O)O)c(Br)c2c1. The van der Waals surface area contributed by atoms with Crippen LogP contribution in [0.25, 0.3) is 10.1 Å². The summed E-state index contributed by atoms with van der Waals surface area (Å²) in [6, 6.07) is 4.10. The summed E-state index contributed by atoms with van der Waals surface area (Å²) < 4.78 is 81.9. The number of carbonyl (C=O) groups excluding carboxylic acids is 1. The third kappa shape index (κ3) is 6.17. The minimum atomic E-state index is -5.91. The summed E-state index contributed by atoms with van der Waals surface area (Å²) in [5, 5.41) is 10.9. The number of nitrogens with zero attached hydrogens (tertiary/aromatic N) is 1. The van der Waals surface area contributed by atoms with Gasteiger partial charge in [0.05, 0.1) is 23.8 Å². The van der Waals surface area contributed by atoms with Crippen molar-refractivity contribution < 1.29 is 45.8 Å². The van der Waals surface area contributed by atoms with Crippen LogP contribution in [0.15, 0.2) is 16.6 Å². The summed E-state index contributed by atoms with van der Waals surface area (Å²) >= 11 is 3.16. The molecule has 2 aromatic rings. The maximum absolute atomic E-state index is 14.3. The van der Waals surface area contributed by atoms with Gasteiger partial charge in [0, 0.05) is 28.4 Å². The van der Waals surface area contributed by atoms with Gasteiger partial charge in [-0.2, -0.15) is 27.2 Å². The van der Waals surface area contributed by atoms with E-state index in [1.165, 1.54) is 6.07 Å². The van der Waals surface area contributed by atoms with E-state index in [1.54, 1.807) is 0 Å². The van der Waals surface area contributed by atoms with Crippen LogP contribution in [0.4, 0.5) is 22.0 Å². The van der Waals surface area contributed by atoms with Gasteiger partial charge in [0.15, 0.2) is 0 Å². The van der Waals surface area contributed by atoms with Crippen LogP contribution in [0.2, 0.25) is 0 Å².